The molecule has 0 fully saturated rings. The van der Waals surface area contributed by atoms with E-state index in [9.17, 15) is 13.5 Å². The molecule has 0 spiro atoms. The summed E-state index contributed by atoms with van der Waals surface area (Å²) in [5.41, 5.74) is 0.371. The van der Waals surface area contributed by atoms with Gasteiger partial charge >= 0.3 is 0 Å². The van der Waals surface area contributed by atoms with Gasteiger partial charge in [0.2, 0.25) is 0 Å². The van der Waals surface area contributed by atoms with Crippen LogP contribution in [0.1, 0.15) is 26.3 Å². The topological polar surface area (TPSA) is 54.4 Å². The smallest absolute Gasteiger partial charge is 0.175 e. The van der Waals surface area contributed by atoms with Gasteiger partial charge in [-0.3, -0.25) is 0 Å². The van der Waals surface area contributed by atoms with Crippen molar-refractivity contribution >= 4 is 9.84 Å². The second-order valence-corrected chi connectivity index (χ2v) is 6.72. The van der Waals surface area contributed by atoms with E-state index >= 15 is 0 Å². The minimum absolute atomic E-state index is 0.134. The van der Waals surface area contributed by atoms with Crippen LogP contribution >= 0.6 is 0 Å². The Balaban J connectivity index is 3.43. The summed E-state index contributed by atoms with van der Waals surface area (Å²) in [6.07, 6.45) is 1.16. The zero-order valence-electron chi connectivity index (χ0n) is 9.40. The highest BCUT2D eigenvalue weighted by Crippen LogP contribution is 2.32. The third kappa shape index (κ3) is 2.72. The first-order valence-electron chi connectivity index (χ1n) is 4.66. The van der Waals surface area contributed by atoms with Gasteiger partial charge in [0.05, 0.1) is 4.90 Å². The van der Waals surface area contributed by atoms with E-state index in [0.29, 0.717) is 5.56 Å². The Kier molecular flexibility index (Phi) is 2.83. The van der Waals surface area contributed by atoms with Gasteiger partial charge < -0.3 is 5.11 Å². The average molecular weight is 228 g/mol. The molecule has 1 rings (SSSR count). The van der Waals surface area contributed by atoms with Gasteiger partial charge in [0, 0.05) is 11.8 Å². The lowest BCUT2D eigenvalue weighted by Gasteiger charge is -2.20. The van der Waals surface area contributed by atoms with E-state index in [0.717, 1.165) is 6.26 Å². The van der Waals surface area contributed by atoms with Gasteiger partial charge in [0.25, 0.3) is 0 Å². The van der Waals surface area contributed by atoms with Crippen molar-refractivity contribution in [2.45, 2.75) is 31.1 Å². The highest BCUT2D eigenvalue weighted by molar-refractivity contribution is 7.90. The summed E-state index contributed by atoms with van der Waals surface area (Å²) in [4.78, 5) is 0.241. The van der Waals surface area contributed by atoms with Gasteiger partial charge in [0.15, 0.2) is 9.84 Å². The number of aromatic hydroxyl groups is 1. The Morgan fingerprint density at radius 2 is 1.73 bits per heavy atom. The van der Waals surface area contributed by atoms with Gasteiger partial charge in [-0.05, 0) is 23.6 Å². The van der Waals surface area contributed by atoms with Crippen LogP contribution in [0.15, 0.2) is 23.1 Å². The molecule has 0 unspecified atom stereocenters. The number of phenolic OH excluding ortho intramolecular Hbond substituents is 1. The molecule has 4 heteroatoms. The Labute approximate surface area is 90.7 Å². The number of hydrogen-bond acceptors (Lipinski definition) is 3. The summed E-state index contributed by atoms with van der Waals surface area (Å²) in [7, 11) is -3.21. The van der Waals surface area contributed by atoms with Crippen molar-refractivity contribution in [3.8, 4) is 5.75 Å². The van der Waals surface area contributed by atoms with Crippen molar-refractivity contribution in [2.24, 2.45) is 0 Å². The lowest BCUT2D eigenvalue weighted by molar-refractivity contribution is 0.445. The van der Waals surface area contributed by atoms with Crippen molar-refractivity contribution in [1.29, 1.82) is 0 Å². The molecule has 1 N–H and O–H groups in total. The summed E-state index contributed by atoms with van der Waals surface area (Å²) < 4.78 is 22.7. The molecule has 0 atom stereocenters. The van der Waals surface area contributed by atoms with Crippen LogP contribution < -0.4 is 0 Å². The Hall–Kier alpha value is -1.03. The van der Waals surface area contributed by atoms with E-state index in [-0.39, 0.29) is 16.1 Å². The van der Waals surface area contributed by atoms with Crippen molar-refractivity contribution in [1.82, 2.24) is 0 Å². The van der Waals surface area contributed by atoms with Gasteiger partial charge in [-0.2, -0.15) is 0 Å². The molecule has 15 heavy (non-hydrogen) atoms. The van der Waals surface area contributed by atoms with Gasteiger partial charge in [0.1, 0.15) is 5.75 Å². The second kappa shape index (κ2) is 3.52. The van der Waals surface area contributed by atoms with Crippen LogP contribution in [0.5, 0.6) is 5.75 Å². The standard InChI is InChI=1S/C11H16O3S/c1-11(2,3)9-7-8(15(4,13)14)5-6-10(9)12/h5-7,12H,1-4H3. The van der Waals surface area contributed by atoms with Gasteiger partial charge in [-0.15, -0.1) is 0 Å². The predicted octanol–water partition coefficient (Wildman–Crippen LogP) is 2.09. The first kappa shape index (κ1) is 12.0. The van der Waals surface area contributed by atoms with Crippen LogP contribution in [0, 0.1) is 0 Å². The van der Waals surface area contributed by atoms with E-state index in [1.807, 2.05) is 20.8 Å². The molecule has 0 aromatic heterocycles. The Morgan fingerprint density at radius 3 is 2.13 bits per heavy atom. The molecule has 1 aromatic carbocycles. The minimum Gasteiger partial charge on any atom is -0.508 e. The maximum Gasteiger partial charge on any atom is 0.175 e. The average Bonchev–Trinajstić information content (AvgIpc) is 2.00. The number of phenols is 1. The van der Waals surface area contributed by atoms with Crippen LogP contribution in [0.4, 0.5) is 0 Å². The molecule has 0 amide bonds. The number of hydrogen-bond donors (Lipinski definition) is 1. The molecule has 84 valence electrons. The third-order valence-corrected chi connectivity index (χ3v) is 3.31. The Bertz CT molecular complexity index is 467. The highest BCUT2D eigenvalue weighted by atomic mass is 32.2. The first-order valence-corrected chi connectivity index (χ1v) is 6.55. The van der Waals surface area contributed by atoms with Crippen LogP contribution in [0.3, 0.4) is 0 Å². The lowest BCUT2D eigenvalue weighted by Crippen LogP contribution is -2.12. The molecule has 0 aliphatic heterocycles. The van der Waals surface area contributed by atoms with E-state index in [2.05, 4.69) is 0 Å². The van der Waals surface area contributed by atoms with Crippen LogP contribution in [-0.4, -0.2) is 19.8 Å². The maximum atomic E-state index is 11.3. The van der Waals surface area contributed by atoms with E-state index in [1.165, 1.54) is 18.2 Å². The lowest BCUT2D eigenvalue weighted by atomic mass is 9.86. The fraction of sp³-hybridized carbons (Fsp3) is 0.455. The summed E-state index contributed by atoms with van der Waals surface area (Å²) in [6, 6.07) is 4.38. The molecule has 3 nitrogen and oxygen atoms in total. The molecule has 0 aliphatic carbocycles. The van der Waals surface area contributed by atoms with Crippen molar-refractivity contribution in [2.75, 3.05) is 6.26 Å². The highest BCUT2D eigenvalue weighted by Gasteiger charge is 2.20. The summed E-state index contributed by atoms with van der Waals surface area (Å²) >= 11 is 0. The number of rotatable bonds is 1. The van der Waals surface area contributed by atoms with E-state index in [1.54, 1.807) is 0 Å². The predicted molar refractivity (Wildman–Crippen MR) is 59.9 cm³/mol. The third-order valence-electron chi connectivity index (χ3n) is 2.20. The fourth-order valence-corrected chi connectivity index (χ4v) is 1.99. The first-order chi connectivity index (χ1) is 6.62. The normalized spacial score (nSPS) is 12.8. The molecule has 1 aromatic rings. The molecule has 0 heterocycles. The molecular weight excluding hydrogens is 212 g/mol. The fourth-order valence-electron chi connectivity index (χ4n) is 1.35. The molecule has 0 radical (unpaired) electrons. The molecular formula is C11H16O3S. The second-order valence-electron chi connectivity index (χ2n) is 4.70. The zero-order valence-corrected chi connectivity index (χ0v) is 10.2. The Morgan fingerprint density at radius 1 is 1.20 bits per heavy atom. The molecule has 0 bridgehead atoms. The van der Waals surface area contributed by atoms with Crippen molar-refractivity contribution in [3.63, 3.8) is 0 Å². The number of sulfone groups is 1. The van der Waals surface area contributed by atoms with E-state index < -0.39 is 9.84 Å². The van der Waals surface area contributed by atoms with Crippen LogP contribution in [0.25, 0.3) is 0 Å². The summed E-state index contributed by atoms with van der Waals surface area (Å²) in [5.74, 6) is 0.134. The summed E-state index contributed by atoms with van der Waals surface area (Å²) in [6.45, 7) is 5.77. The SMILES string of the molecule is CC(C)(C)c1cc(S(C)(=O)=O)ccc1O. The van der Waals surface area contributed by atoms with Gasteiger partial charge in [-0.1, -0.05) is 20.8 Å². The summed E-state index contributed by atoms with van der Waals surface area (Å²) in [5, 5.41) is 9.64. The largest absolute Gasteiger partial charge is 0.508 e. The monoisotopic (exact) mass is 228 g/mol. The van der Waals surface area contributed by atoms with Gasteiger partial charge in [-0.25, -0.2) is 8.42 Å². The van der Waals surface area contributed by atoms with Crippen molar-refractivity contribution in [3.05, 3.63) is 23.8 Å². The van der Waals surface area contributed by atoms with E-state index in [4.69, 9.17) is 0 Å². The zero-order chi connectivity index (χ0) is 11.9. The molecule has 0 saturated heterocycles. The van der Waals surface area contributed by atoms with Crippen molar-refractivity contribution < 1.29 is 13.5 Å². The quantitative estimate of drug-likeness (QED) is 0.800. The van der Waals surface area contributed by atoms with Crippen LogP contribution in [-0.2, 0) is 15.3 Å². The minimum atomic E-state index is -3.21. The number of benzene rings is 1. The molecule has 0 aliphatic rings. The molecule has 0 saturated carbocycles. The van der Waals surface area contributed by atoms with Crippen LogP contribution in [0.2, 0.25) is 0 Å². The maximum absolute atomic E-state index is 11.3.